The second-order valence-corrected chi connectivity index (χ2v) is 12.1. The number of furan rings is 1. The number of fused-ring (bicyclic) bond motifs is 1. The van der Waals surface area contributed by atoms with E-state index in [0.717, 1.165) is 29.1 Å². The number of carbonyl (C=O) groups is 2. The number of carbonyl (C=O) groups excluding carboxylic acids is 1. The van der Waals surface area contributed by atoms with Crippen molar-refractivity contribution in [3.63, 3.8) is 0 Å². The number of piperazine rings is 1. The third-order valence-electron chi connectivity index (χ3n) is 7.15. The molecule has 5 rings (SSSR count). The van der Waals surface area contributed by atoms with Crippen LogP contribution in [0.25, 0.3) is 22.4 Å². The molecule has 0 bridgehead atoms. The van der Waals surface area contributed by atoms with Gasteiger partial charge in [-0.2, -0.15) is 0 Å². The number of anilines is 1. The lowest BCUT2D eigenvalue weighted by molar-refractivity contribution is 0.0482. The first kappa shape index (κ1) is 27.6. The van der Waals surface area contributed by atoms with Crippen molar-refractivity contribution in [1.82, 2.24) is 14.9 Å². The number of carboxylic acids is 1. The number of benzene rings is 1. The molecule has 1 fully saturated rings. The number of rotatable bonds is 4. The van der Waals surface area contributed by atoms with Crippen molar-refractivity contribution >= 4 is 40.4 Å². The molecule has 0 spiro atoms. The molecule has 1 amide bonds. The molecule has 1 aromatic carbocycles. The molecule has 0 atom stereocenters. The van der Waals surface area contributed by atoms with Crippen LogP contribution < -0.4 is 4.90 Å². The number of aromatic nitrogens is 2. The number of hydrogen-bond donors (Lipinski definition) is 1. The lowest BCUT2D eigenvalue weighted by Crippen LogP contribution is -2.61. The second kappa shape index (κ2) is 9.89. The van der Waals surface area contributed by atoms with Gasteiger partial charge in [0.1, 0.15) is 5.52 Å². The molecule has 40 heavy (non-hydrogen) atoms. The van der Waals surface area contributed by atoms with Gasteiger partial charge in [-0.1, -0.05) is 44.5 Å². The van der Waals surface area contributed by atoms with Crippen molar-refractivity contribution in [1.29, 1.82) is 0 Å². The van der Waals surface area contributed by atoms with E-state index >= 15 is 0 Å². The van der Waals surface area contributed by atoms with Gasteiger partial charge in [-0.15, -0.1) is 0 Å². The van der Waals surface area contributed by atoms with Crippen LogP contribution in [0.2, 0.25) is 5.02 Å². The van der Waals surface area contributed by atoms with Gasteiger partial charge in [-0.05, 0) is 43.5 Å². The first-order valence-corrected chi connectivity index (χ1v) is 13.3. The molecule has 0 unspecified atom stereocenters. The van der Waals surface area contributed by atoms with Gasteiger partial charge in [0.15, 0.2) is 23.0 Å². The minimum atomic E-state index is -1.25. The minimum Gasteiger partial charge on any atom is -0.478 e. The molecule has 1 saturated heterocycles. The summed E-state index contributed by atoms with van der Waals surface area (Å²) in [5.74, 6) is -2.01. The lowest BCUT2D eigenvalue weighted by Gasteiger charge is -2.47. The van der Waals surface area contributed by atoms with Gasteiger partial charge >= 0.3 is 5.97 Å². The molecule has 4 aromatic rings. The normalized spacial score (nSPS) is 15.5. The molecule has 0 aliphatic carbocycles. The summed E-state index contributed by atoms with van der Waals surface area (Å²) in [5, 5.41) is 9.75. The van der Waals surface area contributed by atoms with Crippen LogP contribution in [0.15, 0.2) is 53.1 Å². The topological polar surface area (TPSA) is 99.8 Å². The molecule has 1 aliphatic heterocycles. The average molecular weight is 565 g/mol. The number of hydrogen-bond acceptors (Lipinski definition) is 6. The maximum absolute atomic E-state index is 14.7. The number of aromatic carboxylic acids is 1. The Kier molecular flexibility index (Phi) is 6.82. The van der Waals surface area contributed by atoms with Crippen molar-refractivity contribution in [2.45, 2.75) is 45.6 Å². The highest BCUT2D eigenvalue weighted by molar-refractivity contribution is 6.30. The van der Waals surface area contributed by atoms with Gasteiger partial charge in [-0.25, -0.2) is 19.2 Å². The Bertz CT molecular complexity index is 1630. The van der Waals surface area contributed by atoms with Crippen molar-refractivity contribution in [3.8, 4) is 11.3 Å². The summed E-state index contributed by atoms with van der Waals surface area (Å²) in [4.78, 5) is 37.2. The summed E-state index contributed by atoms with van der Waals surface area (Å²) < 4.78 is 20.9. The molecular weight excluding hydrogens is 535 g/mol. The molecule has 10 heteroatoms. The van der Waals surface area contributed by atoms with Crippen LogP contribution in [0.1, 0.15) is 61.1 Å². The molecule has 1 aliphatic rings. The first-order chi connectivity index (χ1) is 18.7. The van der Waals surface area contributed by atoms with E-state index < -0.39 is 17.3 Å². The van der Waals surface area contributed by atoms with E-state index in [-0.39, 0.29) is 28.5 Å². The van der Waals surface area contributed by atoms with Crippen molar-refractivity contribution in [2.24, 2.45) is 0 Å². The highest BCUT2D eigenvalue weighted by Crippen LogP contribution is 2.36. The Morgan fingerprint density at radius 1 is 1.10 bits per heavy atom. The van der Waals surface area contributed by atoms with Crippen LogP contribution in [0.5, 0.6) is 0 Å². The van der Waals surface area contributed by atoms with E-state index in [4.69, 9.17) is 26.1 Å². The zero-order valence-electron chi connectivity index (χ0n) is 23.0. The molecule has 0 radical (unpaired) electrons. The Labute approximate surface area is 236 Å². The Balaban J connectivity index is 1.46. The number of amides is 1. The molecule has 208 valence electrons. The number of halogens is 2. The van der Waals surface area contributed by atoms with E-state index in [9.17, 15) is 14.0 Å². The van der Waals surface area contributed by atoms with E-state index in [0.29, 0.717) is 35.8 Å². The largest absolute Gasteiger partial charge is 0.478 e. The van der Waals surface area contributed by atoms with E-state index in [1.807, 2.05) is 44.2 Å². The van der Waals surface area contributed by atoms with Crippen LogP contribution in [-0.2, 0) is 5.41 Å². The quantitative estimate of drug-likeness (QED) is 0.305. The third-order valence-corrected chi connectivity index (χ3v) is 7.41. The van der Waals surface area contributed by atoms with Crippen molar-refractivity contribution in [2.75, 3.05) is 24.5 Å². The predicted octanol–water partition coefficient (Wildman–Crippen LogP) is 6.42. The second-order valence-electron chi connectivity index (χ2n) is 11.7. The summed E-state index contributed by atoms with van der Waals surface area (Å²) in [6.45, 7) is 10.9. The summed E-state index contributed by atoms with van der Waals surface area (Å²) in [6.07, 6.45) is 1.14. The lowest BCUT2D eigenvalue weighted by atomic mass is 9.86. The summed E-state index contributed by atoms with van der Waals surface area (Å²) >= 11 is 6.08. The average Bonchev–Trinajstić information content (AvgIpc) is 3.31. The Morgan fingerprint density at radius 3 is 2.40 bits per heavy atom. The van der Waals surface area contributed by atoms with Crippen LogP contribution in [-0.4, -0.2) is 57.0 Å². The summed E-state index contributed by atoms with van der Waals surface area (Å²) in [6, 6.07) is 12.1. The van der Waals surface area contributed by atoms with Gasteiger partial charge in [0, 0.05) is 48.0 Å². The highest BCUT2D eigenvalue weighted by Gasteiger charge is 2.39. The maximum Gasteiger partial charge on any atom is 0.337 e. The SMILES string of the molecule is CC(C)(C)c1cc(-c2ccc(Cl)cc2)nc2cc(C(=O)N3CCN(c4ncc(C(=O)O)cc4F)CC3(C)C)oc12. The zero-order valence-corrected chi connectivity index (χ0v) is 23.7. The molecule has 0 saturated carbocycles. The summed E-state index contributed by atoms with van der Waals surface area (Å²) in [7, 11) is 0. The van der Waals surface area contributed by atoms with Gasteiger partial charge < -0.3 is 19.3 Å². The van der Waals surface area contributed by atoms with E-state index in [1.54, 1.807) is 15.9 Å². The minimum absolute atomic E-state index is 0.0580. The smallest absolute Gasteiger partial charge is 0.337 e. The fourth-order valence-corrected chi connectivity index (χ4v) is 5.20. The first-order valence-electron chi connectivity index (χ1n) is 12.9. The Hall–Kier alpha value is -3.98. The van der Waals surface area contributed by atoms with Gasteiger partial charge in [0.2, 0.25) is 0 Å². The predicted molar refractivity (Wildman–Crippen MR) is 152 cm³/mol. The number of pyridine rings is 2. The summed E-state index contributed by atoms with van der Waals surface area (Å²) in [5.41, 5.74) is 2.53. The fraction of sp³-hybridized carbons (Fsp3) is 0.333. The molecule has 4 heterocycles. The number of carboxylic acid groups (broad SMARTS) is 1. The fourth-order valence-electron chi connectivity index (χ4n) is 5.08. The maximum atomic E-state index is 14.7. The van der Waals surface area contributed by atoms with Gasteiger partial charge in [0.25, 0.3) is 5.91 Å². The van der Waals surface area contributed by atoms with Crippen LogP contribution in [0, 0.1) is 5.82 Å². The zero-order chi connectivity index (χ0) is 29.0. The van der Waals surface area contributed by atoms with E-state index in [2.05, 4.69) is 25.8 Å². The van der Waals surface area contributed by atoms with Gasteiger partial charge in [-0.3, -0.25) is 4.79 Å². The molecular formula is C30H30ClFN4O4. The standard InChI is InChI=1S/C30H30ClFN4O4/c1-29(2,3)20-13-22(17-6-8-19(31)9-7-17)34-23-14-24(40-25(20)23)27(37)36-11-10-35(16-30(36,4)5)26-21(32)12-18(15-33-26)28(38)39/h6-9,12-15H,10-11,16H2,1-5H3,(H,38,39). The van der Waals surface area contributed by atoms with E-state index in [1.165, 1.54) is 0 Å². The molecule has 8 nitrogen and oxygen atoms in total. The van der Waals surface area contributed by atoms with Crippen molar-refractivity contribution < 1.29 is 23.5 Å². The monoisotopic (exact) mass is 564 g/mol. The number of nitrogens with zero attached hydrogens (tertiary/aromatic N) is 4. The van der Waals surface area contributed by atoms with Crippen LogP contribution in [0.3, 0.4) is 0 Å². The van der Waals surface area contributed by atoms with Crippen LogP contribution in [0.4, 0.5) is 10.2 Å². The Morgan fingerprint density at radius 2 is 1.80 bits per heavy atom. The molecule has 3 aromatic heterocycles. The third kappa shape index (κ3) is 5.13. The van der Waals surface area contributed by atoms with Gasteiger partial charge in [0.05, 0.1) is 16.8 Å². The molecule has 1 N–H and O–H groups in total. The highest BCUT2D eigenvalue weighted by atomic mass is 35.5. The van der Waals surface area contributed by atoms with Crippen LogP contribution >= 0.6 is 11.6 Å². The van der Waals surface area contributed by atoms with Crippen molar-refractivity contribution in [3.05, 3.63) is 76.4 Å².